The lowest BCUT2D eigenvalue weighted by Gasteiger charge is -2.21. The van der Waals surface area contributed by atoms with Crippen LogP contribution in [0, 0.1) is 3.57 Å². The van der Waals surface area contributed by atoms with Crippen LogP contribution in [0.4, 0.5) is 18.9 Å². The van der Waals surface area contributed by atoms with Crippen LogP contribution in [0.15, 0.2) is 24.3 Å². The zero-order valence-electron chi connectivity index (χ0n) is 10.7. The highest BCUT2D eigenvalue weighted by Crippen LogP contribution is 2.17. The molecule has 0 atom stereocenters. The van der Waals surface area contributed by atoms with Gasteiger partial charge in [0.15, 0.2) is 0 Å². The van der Waals surface area contributed by atoms with E-state index in [0.29, 0.717) is 10.6 Å². The molecule has 0 aliphatic heterocycles. The first-order chi connectivity index (χ1) is 9.65. The Hall–Kier alpha value is -1.36. The average molecular weight is 416 g/mol. The zero-order valence-corrected chi connectivity index (χ0v) is 12.8. The standard InChI is InChI=1S/C12H12F3IN2O3/c13-12(14,15)7-18(6-11(20)21)5-10(19)17-9-3-1-2-8(16)4-9/h1-4H,5-7H2,(H,17,19)(H,20,21). The Morgan fingerprint density at radius 2 is 1.95 bits per heavy atom. The quantitative estimate of drug-likeness (QED) is 0.698. The summed E-state index contributed by atoms with van der Waals surface area (Å²) in [5, 5.41) is 11.0. The maximum absolute atomic E-state index is 12.3. The molecule has 9 heteroatoms. The first kappa shape index (κ1) is 17.7. The molecule has 0 saturated carbocycles. The number of aliphatic carboxylic acids is 1. The first-order valence-corrected chi connectivity index (χ1v) is 6.80. The summed E-state index contributed by atoms with van der Waals surface area (Å²) in [5.41, 5.74) is 0.439. The van der Waals surface area contributed by atoms with Crippen LogP contribution < -0.4 is 5.32 Å². The second-order valence-electron chi connectivity index (χ2n) is 4.21. The number of anilines is 1. The molecule has 0 bridgehead atoms. The van der Waals surface area contributed by atoms with Crippen molar-refractivity contribution in [2.24, 2.45) is 0 Å². The number of amides is 1. The fraction of sp³-hybridized carbons (Fsp3) is 0.333. The fourth-order valence-electron chi connectivity index (χ4n) is 1.58. The number of rotatable bonds is 6. The number of benzene rings is 1. The molecule has 1 rings (SSSR count). The van der Waals surface area contributed by atoms with Crippen LogP contribution >= 0.6 is 22.6 Å². The molecule has 1 aromatic carbocycles. The van der Waals surface area contributed by atoms with Gasteiger partial charge in [0, 0.05) is 9.26 Å². The van der Waals surface area contributed by atoms with Gasteiger partial charge in [-0.15, -0.1) is 0 Å². The third-order valence-corrected chi connectivity index (χ3v) is 2.91. The van der Waals surface area contributed by atoms with Gasteiger partial charge in [-0.3, -0.25) is 14.5 Å². The minimum Gasteiger partial charge on any atom is -0.480 e. The van der Waals surface area contributed by atoms with Gasteiger partial charge in [-0.25, -0.2) is 0 Å². The smallest absolute Gasteiger partial charge is 0.401 e. The van der Waals surface area contributed by atoms with Crippen LogP contribution in [0.25, 0.3) is 0 Å². The topological polar surface area (TPSA) is 69.6 Å². The number of hydrogen-bond donors (Lipinski definition) is 2. The first-order valence-electron chi connectivity index (χ1n) is 5.72. The molecule has 1 amide bonds. The van der Waals surface area contributed by atoms with Crippen molar-refractivity contribution >= 4 is 40.2 Å². The van der Waals surface area contributed by atoms with Crippen molar-refractivity contribution in [1.82, 2.24) is 4.90 Å². The molecule has 5 nitrogen and oxygen atoms in total. The van der Waals surface area contributed by atoms with Gasteiger partial charge in [-0.05, 0) is 40.8 Å². The van der Waals surface area contributed by atoms with E-state index in [1.165, 1.54) is 0 Å². The van der Waals surface area contributed by atoms with E-state index in [2.05, 4.69) is 5.32 Å². The van der Waals surface area contributed by atoms with Crippen molar-refractivity contribution in [3.8, 4) is 0 Å². The largest absolute Gasteiger partial charge is 0.480 e. The molecule has 0 aliphatic rings. The zero-order chi connectivity index (χ0) is 16.0. The molecule has 116 valence electrons. The lowest BCUT2D eigenvalue weighted by molar-refractivity contribution is -0.154. The predicted molar refractivity (Wildman–Crippen MR) is 77.9 cm³/mol. The van der Waals surface area contributed by atoms with Crippen LogP contribution in [0.5, 0.6) is 0 Å². The summed E-state index contributed by atoms with van der Waals surface area (Å²) < 4.78 is 37.8. The number of alkyl halides is 3. The third kappa shape index (κ3) is 7.85. The molecule has 0 aromatic heterocycles. The van der Waals surface area contributed by atoms with Crippen LogP contribution in [0.3, 0.4) is 0 Å². The van der Waals surface area contributed by atoms with Gasteiger partial charge in [0.2, 0.25) is 5.91 Å². The van der Waals surface area contributed by atoms with Crippen molar-refractivity contribution in [3.63, 3.8) is 0 Å². The number of nitrogens with zero attached hydrogens (tertiary/aromatic N) is 1. The van der Waals surface area contributed by atoms with E-state index in [-0.39, 0.29) is 0 Å². The lowest BCUT2D eigenvalue weighted by Crippen LogP contribution is -2.42. The summed E-state index contributed by atoms with van der Waals surface area (Å²) in [4.78, 5) is 22.7. The minimum absolute atomic E-state index is 0.439. The van der Waals surface area contributed by atoms with Crippen molar-refractivity contribution in [3.05, 3.63) is 27.8 Å². The molecule has 0 saturated heterocycles. The van der Waals surface area contributed by atoms with E-state index >= 15 is 0 Å². The van der Waals surface area contributed by atoms with E-state index in [4.69, 9.17) is 5.11 Å². The molecule has 0 spiro atoms. The number of carboxylic acid groups (broad SMARTS) is 1. The maximum atomic E-state index is 12.3. The van der Waals surface area contributed by atoms with Gasteiger partial charge in [-0.2, -0.15) is 13.2 Å². The van der Waals surface area contributed by atoms with Crippen molar-refractivity contribution in [2.75, 3.05) is 25.0 Å². The Morgan fingerprint density at radius 1 is 1.29 bits per heavy atom. The summed E-state index contributed by atoms with van der Waals surface area (Å²) in [6, 6.07) is 6.70. The van der Waals surface area contributed by atoms with Gasteiger partial charge in [-0.1, -0.05) is 6.07 Å². The molecule has 0 radical (unpaired) electrons. The van der Waals surface area contributed by atoms with Gasteiger partial charge in [0.25, 0.3) is 0 Å². The minimum atomic E-state index is -4.57. The van der Waals surface area contributed by atoms with Crippen molar-refractivity contribution in [1.29, 1.82) is 0 Å². The van der Waals surface area contributed by atoms with Crippen LogP contribution in [-0.2, 0) is 9.59 Å². The Kier molecular flexibility index (Phi) is 6.40. The molecule has 1 aromatic rings. The molecule has 0 fully saturated rings. The van der Waals surface area contributed by atoms with Crippen molar-refractivity contribution in [2.45, 2.75) is 6.18 Å². The summed E-state index contributed by atoms with van der Waals surface area (Å²) in [7, 11) is 0. The molecule has 0 aliphatic carbocycles. The normalized spacial score (nSPS) is 11.5. The number of carbonyl (C=O) groups is 2. The van der Waals surface area contributed by atoms with E-state index in [1.54, 1.807) is 24.3 Å². The molecule has 2 N–H and O–H groups in total. The molecular formula is C12H12F3IN2O3. The summed E-state index contributed by atoms with van der Waals surface area (Å²) in [5.74, 6) is -2.14. The SMILES string of the molecule is O=C(O)CN(CC(=O)Nc1cccc(I)c1)CC(F)(F)F. The third-order valence-electron chi connectivity index (χ3n) is 2.24. The monoisotopic (exact) mass is 416 g/mol. The molecule has 0 heterocycles. The Labute approximate surface area is 132 Å². The summed E-state index contributed by atoms with van der Waals surface area (Å²) in [6.45, 7) is -2.98. The summed E-state index contributed by atoms with van der Waals surface area (Å²) in [6.07, 6.45) is -4.57. The predicted octanol–water partition coefficient (Wildman–Crippen LogP) is 2.18. The lowest BCUT2D eigenvalue weighted by atomic mass is 10.3. The van der Waals surface area contributed by atoms with Crippen LogP contribution in [0.1, 0.15) is 0 Å². The number of carboxylic acids is 1. The molecule has 0 unspecified atom stereocenters. The number of halogens is 4. The van der Waals surface area contributed by atoms with Gasteiger partial charge >= 0.3 is 12.1 Å². The van der Waals surface area contributed by atoms with Crippen LogP contribution in [0.2, 0.25) is 0 Å². The Balaban J connectivity index is 2.65. The van der Waals surface area contributed by atoms with E-state index in [0.717, 1.165) is 3.57 Å². The highest BCUT2D eigenvalue weighted by molar-refractivity contribution is 14.1. The van der Waals surface area contributed by atoms with Gasteiger partial charge in [0.05, 0.1) is 19.6 Å². The Morgan fingerprint density at radius 3 is 2.48 bits per heavy atom. The highest BCUT2D eigenvalue weighted by Gasteiger charge is 2.32. The fourth-order valence-corrected chi connectivity index (χ4v) is 2.13. The second kappa shape index (κ2) is 7.59. The average Bonchev–Trinajstić information content (AvgIpc) is 2.24. The highest BCUT2D eigenvalue weighted by atomic mass is 127. The molecule has 21 heavy (non-hydrogen) atoms. The number of carbonyl (C=O) groups excluding carboxylic acids is 1. The van der Waals surface area contributed by atoms with E-state index < -0.39 is 37.7 Å². The van der Waals surface area contributed by atoms with Gasteiger partial charge < -0.3 is 10.4 Å². The Bertz CT molecular complexity index is 523. The summed E-state index contributed by atoms with van der Waals surface area (Å²) >= 11 is 2.02. The second-order valence-corrected chi connectivity index (χ2v) is 5.46. The van der Waals surface area contributed by atoms with E-state index in [1.807, 2.05) is 22.6 Å². The van der Waals surface area contributed by atoms with Crippen molar-refractivity contribution < 1.29 is 27.9 Å². The van der Waals surface area contributed by atoms with Gasteiger partial charge in [0.1, 0.15) is 0 Å². The molecular weight excluding hydrogens is 404 g/mol. The van der Waals surface area contributed by atoms with E-state index in [9.17, 15) is 22.8 Å². The number of nitrogens with one attached hydrogen (secondary N) is 1. The number of hydrogen-bond acceptors (Lipinski definition) is 3. The van der Waals surface area contributed by atoms with Crippen LogP contribution in [-0.4, -0.2) is 47.7 Å². The maximum Gasteiger partial charge on any atom is 0.401 e.